The average molecular weight is 313 g/mol. The van der Waals surface area contributed by atoms with Gasteiger partial charge in [0, 0.05) is 51.0 Å². The highest BCUT2D eigenvalue weighted by atomic mass is 16.2. The van der Waals surface area contributed by atoms with Gasteiger partial charge in [-0.2, -0.15) is 15.3 Å². The molecule has 2 aliphatic rings. The van der Waals surface area contributed by atoms with Gasteiger partial charge in [0.1, 0.15) is 0 Å². The standard InChI is InChI=1S/C17H23N5O/c1-4-5-10-17(19-20-17)11-9-16(23)21(2)14-7-6-8-15-13(14)12-18-22(15)3/h1,12,14H,5-11H2,2-3H3. The zero-order chi connectivity index (χ0) is 16.4. The number of amides is 1. The van der Waals surface area contributed by atoms with Gasteiger partial charge in [-0.3, -0.25) is 9.48 Å². The number of hydrogen-bond acceptors (Lipinski definition) is 4. The van der Waals surface area contributed by atoms with Gasteiger partial charge < -0.3 is 4.90 Å². The van der Waals surface area contributed by atoms with Crippen LogP contribution < -0.4 is 0 Å². The second kappa shape index (κ2) is 6.15. The first-order valence-corrected chi connectivity index (χ1v) is 8.20. The van der Waals surface area contributed by atoms with Crippen LogP contribution in [0.5, 0.6) is 0 Å². The number of hydrogen-bond donors (Lipinski definition) is 0. The van der Waals surface area contributed by atoms with Gasteiger partial charge in [0.05, 0.1) is 12.2 Å². The molecule has 0 radical (unpaired) electrons. The van der Waals surface area contributed by atoms with Gasteiger partial charge >= 0.3 is 0 Å². The summed E-state index contributed by atoms with van der Waals surface area (Å²) in [6.07, 6.45) is 12.8. The fourth-order valence-electron chi connectivity index (χ4n) is 3.41. The van der Waals surface area contributed by atoms with E-state index in [0.29, 0.717) is 19.3 Å². The molecular formula is C17H23N5O. The number of carbonyl (C=O) groups excluding carboxylic acids is 1. The lowest BCUT2D eigenvalue weighted by molar-refractivity contribution is -0.132. The first kappa shape index (κ1) is 15.7. The van der Waals surface area contributed by atoms with Crippen LogP contribution in [0.3, 0.4) is 0 Å². The summed E-state index contributed by atoms with van der Waals surface area (Å²) in [5.41, 5.74) is 2.06. The molecule has 122 valence electrons. The summed E-state index contributed by atoms with van der Waals surface area (Å²) < 4.78 is 1.93. The van der Waals surface area contributed by atoms with Crippen molar-refractivity contribution in [1.82, 2.24) is 14.7 Å². The van der Waals surface area contributed by atoms with E-state index in [0.717, 1.165) is 25.7 Å². The molecule has 2 heterocycles. The van der Waals surface area contributed by atoms with Gasteiger partial charge in [0.15, 0.2) is 5.66 Å². The van der Waals surface area contributed by atoms with E-state index < -0.39 is 0 Å². The van der Waals surface area contributed by atoms with Crippen molar-refractivity contribution in [3.63, 3.8) is 0 Å². The van der Waals surface area contributed by atoms with E-state index in [-0.39, 0.29) is 17.6 Å². The molecule has 0 saturated heterocycles. The maximum atomic E-state index is 12.6. The maximum Gasteiger partial charge on any atom is 0.222 e. The summed E-state index contributed by atoms with van der Waals surface area (Å²) in [7, 11) is 3.86. The van der Waals surface area contributed by atoms with Crippen molar-refractivity contribution in [2.45, 2.75) is 56.7 Å². The molecule has 0 aromatic carbocycles. The Bertz CT molecular complexity index is 663. The van der Waals surface area contributed by atoms with Crippen molar-refractivity contribution in [2.24, 2.45) is 17.3 Å². The first-order valence-electron chi connectivity index (χ1n) is 8.20. The number of fused-ring (bicyclic) bond motifs is 1. The van der Waals surface area contributed by atoms with Crippen LogP contribution >= 0.6 is 0 Å². The third-order valence-corrected chi connectivity index (χ3v) is 5.00. The minimum Gasteiger partial charge on any atom is -0.339 e. The van der Waals surface area contributed by atoms with E-state index in [2.05, 4.69) is 21.2 Å². The Kier molecular flexibility index (Phi) is 4.20. The topological polar surface area (TPSA) is 62.9 Å². The van der Waals surface area contributed by atoms with E-state index in [9.17, 15) is 4.79 Å². The molecule has 0 N–H and O–H groups in total. The second-order valence-electron chi connectivity index (χ2n) is 6.47. The predicted octanol–water partition coefficient (Wildman–Crippen LogP) is 2.61. The zero-order valence-corrected chi connectivity index (χ0v) is 13.8. The van der Waals surface area contributed by atoms with Crippen molar-refractivity contribution < 1.29 is 4.79 Å². The lowest BCUT2D eigenvalue weighted by Crippen LogP contribution is -2.33. The molecule has 1 amide bonds. The van der Waals surface area contributed by atoms with Crippen molar-refractivity contribution >= 4 is 5.91 Å². The van der Waals surface area contributed by atoms with Crippen LogP contribution in [-0.4, -0.2) is 33.3 Å². The van der Waals surface area contributed by atoms with Crippen LogP contribution in [0.15, 0.2) is 16.4 Å². The van der Waals surface area contributed by atoms with Crippen LogP contribution in [0.4, 0.5) is 0 Å². The van der Waals surface area contributed by atoms with Gasteiger partial charge in [0.25, 0.3) is 0 Å². The molecule has 23 heavy (non-hydrogen) atoms. The van der Waals surface area contributed by atoms with Crippen molar-refractivity contribution in [3.05, 3.63) is 17.5 Å². The molecule has 0 saturated carbocycles. The predicted molar refractivity (Wildman–Crippen MR) is 86.5 cm³/mol. The molecule has 0 fully saturated rings. The minimum atomic E-state index is -0.380. The molecular weight excluding hydrogens is 290 g/mol. The number of rotatable bonds is 6. The molecule has 0 bridgehead atoms. The van der Waals surface area contributed by atoms with E-state index in [1.165, 1.54) is 11.3 Å². The lowest BCUT2D eigenvalue weighted by atomic mass is 9.91. The normalized spacial score (nSPS) is 20.7. The lowest BCUT2D eigenvalue weighted by Gasteiger charge is -2.31. The van der Waals surface area contributed by atoms with E-state index in [1.54, 1.807) is 0 Å². The molecule has 6 heteroatoms. The van der Waals surface area contributed by atoms with Gasteiger partial charge in [-0.1, -0.05) is 0 Å². The fourth-order valence-corrected chi connectivity index (χ4v) is 3.41. The summed E-state index contributed by atoms with van der Waals surface area (Å²) in [5.74, 6) is 2.76. The highest BCUT2D eigenvalue weighted by Gasteiger charge is 2.40. The Morgan fingerprint density at radius 1 is 1.52 bits per heavy atom. The van der Waals surface area contributed by atoms with E-state index >= 15 is 0 Å². The molecule has 1 aliphatic heterocycles. The number of nitrogens with zero attached hydrogens (tertiary/aromatic N) is 5. The molecule has 1 aromatic rings. The van der Waals surface area contributed by atoms with Gasteiger partial charge in [-0.25, -0.2) is 0 Å². The number of terminal acetylenes is 1. The van der Waals surface area contributed by atoms with Crippen molar-refractivity contribution in [2.75, 3.05) is 7.05 Å². The molecule has 3 rings (SSSR count). The Morgan fingerprint density at radius 2 is 2.30 bits per heavy atom. The molecule has 1 atom stereocenters. The van der Waals surface area contributed by atoms with Crippen molar-refractivity contribution in [1.29, 1.82) is 0 Å². The largest absolute Gasteiger partial charge is 0.339 e. The molecule has 1 aromatic heterocycles. The Hall–Kier alpha value is -2.16. The van der Waals surface area contributed by atoms with Crippen LogP contribution in [0, 0.1) is 12.3 Å². The summed E-state index contributed by atoms with van der Waals surface area (Å²) >= 11 is 0. The molecule has 1 unspecified atom stereocenters. The number of aryl methyl sites for hydroxylation is 1. The van der Waals surface area contributed by atoms with Gasteiger partial charge in [0.2, 0.25) is 5.91 Å². The van der Waals surface area contributed by atoms with E-state index in [4.69, 9.17) is 6.42 Å². The Balaban J connectivity index is 1.59. The first-order chi connectivity index (χ1) is 11.1. The summed E-state index contributed by atoms with van der Waals surface area (Å²) in [5, 5.41) is 12.5. The van der Waals surface area contributed by atoms with Gasteiger partial charge in [-0.15, -0.1) is 12.3 Å². The summed E-state index contributed by atoms with van der Waals surface area (Å²) in [6, 6.07) is 0.134. The van der Waals surface area contributed by atoms with Crippen molar-refractivity contribution in [3.8, 4) is 12.3 Å². The quantitative estimate of drug-likeness (QED) is 0.758. The van der Waals surface area contributed by atoms with Crippen LogP contribution in [-0.2, 0) is 18.3 Å². The summed E-state index contributed by atoms with van der Waals surface area (Å²) in [6.45, 7) is 0. The highest BCUT2D eigenvalue weighted by Crippen LogP contribution is 2.38. The smallest absolute Gasteiger partial charge is 0.222 e. The molecule has 6 nitrogen and oxygen atoms in total. The fraction of sp³-hybridized carbons (Fsp3) is 0.647. The van der Waals surface area contributed by atoms with Crippen LogP contribution in [0.25, 0.3) is 0 Å². The van der Waals surface area contributed by atoms with Crippen LogP contribution in [0.1, 0.15) is 55.8 Å². The molecule has 0 spiro atoms. The average Bonchev–Trinajstić information content (AvgIpc) is 3.25. The van der Waals surface area contributed by atoms with E-state index in [1.807, 2.05) is 29.9 Å². The Morgan fingerprint density at radius 3 is 3.00 bits per heavy atom. The van der Waals surface area contributed by atoms with Crippen LogP contribution in [0.2, 0.25) is 0 Å². The Labute approximate surface area is 137 Å². The summed E-state index contributed by atoms with van der Waals surface area (Å²) in [4.78, 5) is 14.5. The van der Waals surface area contributed by atoms with Gasteiger partial charge in [-0.05, 0) is 19.3 Å². The SMILES string of the molecule is C#CCCC1(CCC(=O)N(C)C2CCCc3c2cnn3C)N=N1. The molecule has 1 aliphatic carbocycles. The third kappa shape index (κ3) is 3.14. The second-order valence-corrected chi connectivity index (χ2v) is 6.47. The minimum absolute atomic E-state index is 0.134. The maximum absolute atomic E-state index is 12.6. The monoisotopic (exact) mass is 313 g/mol. The zero-order valence-electron chi connectivity index (χ0n) is 13.8. The third-order valence-electron chi connectivity index (χ3n) is 5.00. The number of aromatic nitrogens is 2. The highest BCUT2D eigenvalue weighted by molar-refractivity contribution is 5.76. The number of carbonyl (C=O) groups is 1.